The second-order valence-electron chi connectivity index (χ2n) is 7.31. The molecular formula is C23H27FN2O4S. The van der Waals surface area contributed by atoms with Crippen LogP contribution in [-0.2, 0) is 9.59 Å². The minimum Gasteiger partial charge on any atom is -0.497 e. The highest BCUT2D eigenvalue weighted by molar-refractivity contribution is 8.01. The first-order chi connectivity index (χ1) is 14.9. The van der Waals surface area contributed by atoms with Crippen molar-refractivity contribution >= 4 is 29.3 Å². The van der Waals surface area contributed by atoms with E-state index in [9.17, 15) is 14.0 Å². The summed E-state index contributed by atoms with van der Waals surface area (Å²) in [6.07, 6.45) is 1.77. The molecule has 1 fully saturated rings. The maximum atomic E-state index is 13.1. The Morgan fingerprint density at radius 3 is 2.61 bits per heavy atom. The van der Waals surface area contributed by atoms with E-state index in [0.717, 1.165) is 18.4 Å². The molecular weight excluding hydrogens is 419 g/mol. The smallest absolute Gasteiger partial charge is 0.235 e. The molecule has 2 amide bonds. The van der Waals surface area contributed by atoms with Gasteiger partial charge in [0.1, 0.15) is 17.3 Å². The Balaban J connectivity index is 1.60. The van der Waals surface area contributed by atoms with Crippen LogP contribution in [0, 0.1) is 5.82 Å². The summed E-state index contributed by atoms with van der Waals surface area (Å²) in [7, 11) is 3.21. The van der Waals surface area contributed by atoms with Crippen LogP contribution in [0.2, 0.25) is 0 Å². The van der Waals surface area contributed by atoms with Crippen LogP contribution in [0.5, 0.6) is 11.5 Å². The molecule has 1 N–H and O–H groups in total. The first kappa shape index (κ1) is 22.9. The highest BCUT2D eigenvalue weighted by Gasteiger charge is 2.34. The summed E-state index contributed by atoms with van der Waals surface area (Å²) in [5, 5.41) is 2.34. The highest BCUT2D eigenvalue weighted by Crippen LogP contribution is 2.39. The van der Waals surface area contributed by atoms with E-state index in [4.69, 9.17) is 9.47 Å². The molecule has 2 aromatic carbocycles. The first-order valence-electron chi connectivity index (χ1n) is 10.1. The van der Waals surface area contributed by atoms with E-state index in [0.29, 0.717) is 23.7 Å². The standard InChI is InChI=1S/C23H27FN2O4S/c1-15(31-14-22(27)25-17-8-6-16(24)7-9-17)23(28)26-12-4-5-20(26)19-11-10-18(29-2)13-21(19)30-3/h6-11,13,15,20H,4-5,12,14H2,1-3H3,(H,25,27). The number of anilines is 1. The number of benzene rings is 2. The van der Waals surface area contributed by atoms with E-state index in [-0.39, 0.29) is 34.7 Å². The number of carbonyl (C=O) groups excluding carboxylic acids is 2. The second-order valence-corrected chi connectivity index (χ2v) is 8.63. The predicted molar refractivity (Wildman–Crippen MR) is 120 cm³/mol. The summed E-state index contributed by atoms with van der Waals surface area (Å²) in [5.41, 5.74) is 1.48. The van der Waals surface area contributed by atoms with Gasteiger partial charge in [-0.05, 0) is 56.2 Å². The molecule has 1 aliphatic heterocycles. The van der Waals surface area contributed by atoms with Crippen molar-refractivity contribution in [3.05, 3.63) is 53.8 Å². The topological polar surface area (TPSA) is 67.9 Å². The van der Waals surface area contributed by atoms with E-state index in [1.165, 1.54) is 36.0 Å². The quantitative estimate of drug-likeness (QED) is 0.656. The maximum absolute atomic E-state index is 13.1. The zero-order valence-electron chi connectivity index (χ0n) is 17.9. The van der Waals surface area contributed by atoms with Gasteiger partial charge in [0.25, 0.3) is 0 Å². The number of nitrogens with zero attached hydrogens (tertiary/aromatic N) is 1. The van der Waals surface area contributed by atoms with Crippen molar-refractivity contribution < 1.29 is 23.5 Å². The Morgan fingerprint density at radius 2 is 1.94 bits per heavy atom. The molecule has 3 rings (SSSR count). The number of hydrogen-bond donors (Lipinski definition) is 1. The van der Waals surface area contributed by atoms with Gasteiger partial charge in [-0.1, -0.05) is 0 Å². The van der Waals surface area contributed by atoms with Crippen LogP contribution >= 0.6 is 11.8 Å². The largest absolute Gasteiger partial charge is 0.497 e. The third-order valence-electron chi connectivity index (χ3n) is 5.28. The van der Waals surface area contributed by atoms with Crippen molar-refractivity contribution in [3.63, 3.8) is 0 Å². The normalized spacial score (nSPS) is 16.6. The zero-order chi connectivity index (χ0) is 22.4. The van der Waals surface area contributed by atoms with Crippen LogP contribution in [0.1, 0.15) is 31.4 Å². The fraction of sp³-hybridized carbons (Fsp3) is 0.391. The molecule has 0 radical (unpaired) electrons. The first-order valence-corrected chi connectivity index (χ1v) is 11.2. The van der Waals surface area contributed by atoms with Gasteiger partial charge in [-0.3, -0.25) is 9.59 Å². The van der Waals surface area contributed by atoms with Crippen LogP contribution in [0.4, 0.5) is 10.1 Å². The molecule has 2 aromatic rings. The monoisotopic (exact) mass is 446 g/mol. The van der Waals surface area contributed by atoms with Crippen LogP contribution < -0.4 is 14.8 Å². The van der Waals surface area contributed by atoms with E-state index >= 15 is 0 Å². The van der Waals surface area contributed by atoms with Crippen molar-refractivity contribution in [1.82, 2.24) is 4.90 Å². The lowest BCUT2D eigenvalue weighted by Gasteiger charge is -2.28. The molecule has 8 heteroatoms. The van der Waals surface area contributed by atoms with Gasteiger partial charge < -0.3 is 19.7 Å². The predicted octanol–water partition coefficient (Wildman–Crippen LogP) is 4.27. The lowest BCUT2D eigenvalue weighted by molar-refractivity contribution is -0.131. The fourth-order valence-corrected chi connectivity index (χ4v) is 4.43. The lowest BCUT2D eigenvalue weighted by Crippen LogP contribution is -2.36. The molecule has 2 atom stereocenters. The summed E-state index contributed by atoms with van der Waals surface area (Å²) >= 11 is 1.29. The van der Waals surface area contributed by atoms with Crippen LogP contribution in [0.15, 0.2) is 42.5 Å². The molecule has 1 aliphatic rings. The van der Waals surface area contributed by atoms with Gasteiger partial charge in [0, 0.05) is 23.9 Å². The third-order valence-corrected chi connectivity index (χ3v) is 6.41. The minimum atomic E-state index is -0.371. The van der Waals surface area contributed by atoms with Crippen molar-refractivity contribution in [2.75, 3.05) is 31.8 Å². The van der Waals surface area contributed by atoms with Crippen molar-refractivity contribution in [2.24, 2.45) is 0 Å². The van der Waals surface area contributed by atoms with Crippen molar-refractivity contribution in [2.45, 2.75) is 31.1 Å². The maximum Gasteiger partial charge on any atom is 0.235 e. The number of methoxy groups -OCH3 is 2. The van der Waals surface area contributed by atoms with Gasteiger partial charge in [0.05, 0.1) is 31.3 Å². The molecule has 1 heterocycles. The van der Waals surface area contributed by atoms with Gasteiger partial charge >= 0.3 is 0 Å². The lowest BCUT2D eigenvalue weighted by atomic mass is 10.0. The molecule has 166 valence electrons. The number of hydrogen-bond acceptors (Lipinski definition) is 5. The third kappa shape index (κ3) is 5.70. The van der Waals surface area contributed by atoms with E-state index < -0.39 is 0 Å². The van der Waals surface area contributed by atoms with Gasteiger partial charge in [0.15, 0.2) is 0 Å². The molecule has 0 aliphatic carbocycles. The molecule has 31 heavy (non-hydrogen) atoms. The average molecular weight is 447 g/mol. The number of amides is 2. The summed E-state index contributed by atoms with van der Waals surface area (Å²) in [5.74, 6) is 0.941. The number of likely N-dealkylation sites (tertiary alicyclic amines) is 1. The van der Waals surface area contributed by atoms with Crippen LogP contribution in [0.3, 0.4) is 0 Å². The summed E-state index contributed by atoms with van der Waals surface area (Å²) in [4.78, 5) is 27.2. The van der Waals surface area contributed by atoms with E-state index in [2.05, 4.69) is 5.32 Å². The summed E-state index contributed by atoms with van der Waals surface area (Å²) in [6.45, 7) is 2.49. The van der Waals surface area contributed by atoms with Gasteiger partial charge in [-0.2, -0.15) is 0 Å². The minimum absolute atomic E-state index is 0.0000432. The number of rotatable bonds is 8. The van der Waals surface area contributed by atoms with Crippen LogP contribution in [-0.4, -0.2) is 48.5 Å². The van der Waals surface area contributed by atoms with E-state index in [1.807, 2.05) is 30.0 Å². The SMILES string of the molecule is COc1ccc(C2CCCN2C(=O)C(C)SCC(=O)Nc2ccc(F)cc2)c(OC)c1. The Morgan fingerprint density at radius 1 is 1.19 bits per heavy atom. The van der Waals surface area contributed by atoms with Crippen molar-refractivity contribution in [3.8, 4) is 11.5 Å². The second kappa shape index (κ2) is 10.5. The highest BCUT2D eigenvalue weighted by atomic mass is 32.2. The summed E-state index contributed by atoms with van der Waals surface area (Å²) < 4.78 is 23.8. The number of ether oxygens (including phenoxy) is 2. The van der Waals surface area contributed by atoms with Gasteiger partial charge in [-0.25, -0.2) is 4.39 Å². The Labute approximate surface area is 186 Å². The van der Waals surface area contributed by atoms with E-state index in [1.54, 1.807) is 14.2 Å². The zero-order valence-corrected chi connectivity index (χ0v) is 18.7. The van der Waals surface area contributed by atoms with Gasteiger partial charge in [-0.15, -0.1) is 11.8 Å². The Bertz CT molecular complexity index is 922. The molecule has 0 bridgehead atoms. The number of nitrogens with one attached hydrogen (secondary N) is 1. The van der Waals surface area contributed by atoms with Crippen LogP contribution in [0.25, 0.3) is 0 Å². The Kier molecular flexibility index (Phi) is 7.79. The molecule has 0 aromatic heterocycles. The van der Waals surface area contributed by atoms with Crippen molar-refractivity contribution in [1.29, 1.82) is 0 Å². The molecule has 6 nitrogen and oxygen atoms in total. The molecule has 1 saturated heterocycles. The number of carbonyl (C=O) groups is 2. The molecule has 0 saturated carbocycles. The molecule has 0 spiro atoms. The summed E-state index contributed by atoms with van der Waals surface area (Å²) in [6, 6.07) is 11.2. The number of thioether (sulfide) groups is 1. The Hall–Kier alpha value is -2.74. The average Bonchev–Trinajstić information content (AvgIpc) is 3.27. The molecule has 2 unspecified atom stereocenters. The van der Waals surface area contributed by atoms with Gasteiger partial charge in [0.2, 0.25) is 11.8 Å². The fourth-order valence-electron chi connectivity index (χ4n) is 3.68. The number of halogens is 1.